The van der Waals surface area contributed by atoms with Crippen molar-refractivity contribution in [3.63, 3.8) is 0 Å². The van der Waals surface area contributed by atoms with Gasteiger partial charge < -0.3 is 16.4 Å². The van der Waals surface area contributed by atoms with E-state index < -0.39 is 0 Å². The zero-order chi connectivity index (χ0) is 13.7. The molecule has 0 saturated carbocycles. The fourth-order valence-corrected chi connectivity index (χ4v) is 1.61. The molecule has 2 aromatic rings. The predicted octanol–water partition coefficient (Wildman–Crippen LogP) is 2.24. The highest BCUT2D eigenvalue weighted by atomic mass is 19.1. The van der Waals surface area contributed by atoms with Crippen LogP contribution in [0.1, 0.15) is 12.5 Å². The molecule has 1 heterocycles. The summed E-state index contributed by atoms with van der Waals surface area (Å²) in [5.74, 6) is 0.791. The Morgan fingerprint density at radius 2 is 2.16 bits per heavy atom. The van der Waals surface area contributed by atoms with E-state index in [-0.39, 0.29) is 5.82 Å². The van der Waals surface area contributed by atoms with Gasteiger partial charge in [-0.05, 0) is 24.6 Å². The average Bonchev–Trinajstić information content (AvgIpc) is 2.40. The number of hydrogen-bond donors (Lipinski definition) is 3. The van der Waals surface area contributed by atoms with Crippen LogP contribution in [0.2, 0.25) is 0 Å². The highest BCUT2D eigenvalue weighted by Gasteiger charge is 2.03. The third-order valence-corrected chi connectivity index (χ3v) is 2.50. The van der Waals surface area contributed by atoms with E-state index in [4.69, 9.17) is 5.73 Å². The first kappa shape index (κ1) is 13.1. The molecule has 1 aromatic carbocycles. The lowest BCUT2D eigenvalue weighted by Crippen LogP contribution is -2.09. The molecule has 1 aromatic heterocycles. The maximum atomic E-state index is 13.0. The maximum absolute atomic E-state index is 13.0. The molecular weight excluding hydrogens is 245 g/mol. The second-order valence-electron chi connectivity index (χ2n) is 4.01. The minimum absolute atomic E-state index is 0.258. The number of rotatable bonds is 5. The maximum Gasteiger partial charge on any atom is 0.225 e. The number of benzene rings is 1. The van der Waals surface area contributed by atoms with Crippen LogP contribution in [0.25, 0.3) is 0 Å². The topological polar surface area (TPSA) is 75.9 Å². The number of nitrogens with two attached hydrogens (primary N) is 1. The van der Waals surface area contributed by atoms with Crippen molar-refractivity contribution < 1.29 is 4.39 Å². The van der Waals surface area contributed by atoms with Gasteiger partial charge >= 0.3 is 0 Å². The van der Waals surface area contributed by atoms with Gasteiger partial charge in [-0.1, -0.05) is 12.1 Å². The normalized spacial score (nSPS) is 10.2. The van der Waals surface area contributed by atoms with E-state index in [0.29, 0.717) is 24.0 Å². The molecule has 2 rings (SSSR count). The molecular formula is C13H16FN5. The smallest absolute Gasteiger partial charge is 0.225 e. The summed E-state index contributed by atoms with van der Waals surface area (Å²) in [7, 11) is 0. The molecule has 6 heteroatoms. The van der Waals surface area contributed by atoms with E-state index in [1.807, 2.05) is 13.0 Å². The van der Waals surface area contributed by atoms with Crippen LogP contribution in [0.4, 0.5) is 21.8 Å². The molecule has 0 fully saturated rings. The van der Waals surface area contributed by atoms with Crippen molar-refractivity contribution in [2.24, 2.45) is 0 Å². The molecule has 4 N–H and O–H groups in total. The summed E-state index contributed by atoms with van der Waals surface area (Å²) in [6.45, 7) is 3.14. The number of nitrogen functional groups attached to an aromatic ring is 1. The third-order valence-electron chi connectivity index (χ3n) is 2.50. The molecule has 0 aliphatic carbocycles. The van der Waals surface area contributed by atoms with Gasteiger partial charge in [0.1, 0.15) is 5.82 Å². The van der Waals surface area contributed by atoms with Crippen molar-refractivity contribution in [2.45, 2.75) is 13.5 Å². The van der Waals surface area contributed by atoms with Gasteiger partial charge in [0, 0.05) is 13.1 Å². The van der Waals surface area contributed by atoms with Crippen molar-refractivity contribution >= 4 is 17.5 Å². The monoisotopic (exact) mass is 261 g/mol. The average molecular weight is 261 g/mol. The summed E-state index contributed by atoms with van der Waals surface area (Å²) < 4.78 is 13.0. The van der Waals surface area contributed by atoms with Crippen molar-refractivity contribution in [1.82, 2.24) is 9.97 Å². The second kappa shape index (κ2) is 5.99. The minimum Gasteiger partial charge on any atom is -0.394 e. The van der Waals surface area contributed by atoms with Gasteiger partial charge in [-0.25, -0.2) is 9.37 Å². The van der Waals surface area contributed by atoms with E-state index in [9.17, 15) is 4.39 Å². The SMILES string of the molecule is CCNc1nc(NCc2cccc(F)c2)ncc1N. The molecule has 0 aliphatic rings. The van der Waals surface area contributed by atoms with Crippen molar-refractivity contribution in [3.8, 4) is 0 Å². The molecule has 0 radical (unpaired) electrons. The largest absolute Gasteiger partial charge is 0.394 e. The first-order valence-electron chi connectivity index (χ1n) is 6.03. The molecule has 0 unspecified atom stereocenters. The van der Waals surface area contributed by atoms with Crippen molar-refractivity contribution in [1.29, 1.82) is 0 Å². The molecule has 5 nitrogen and oxygen atoms in total. The summed E-state index contributed by atoms with van der Waals surface area (Å²) in [4.78, 5) is 8.33. The zero-order valence-electron chi connectivity index (χ0n) is 10.7. The minimum atomic E-state index is -0.258. The highest BCUT2D eigenvalue weighted by molar-refractivity contribution is 5.61. The molecule has 19 heavy (non-hydrogen) atoms. The second-order valence-corrected chi connectivity index (χ2v) is 4.01. The van der Waals surface area contributed by atoms with Crippen LogP contribution in [-0.2, 0) is 6.54 Å². The lowest BCUT2D eigenvalue weighted by Gasteiger charge is -2.09. The Balaban J connectivity index is 2.05. The molecule has 0 spiro atoms. The fraction of sp³-hybridized carbons (Fsp3) is 0.231. The summed E-state index contributed by atoms with van der Waals surface area (Å²) in [6, 6.07) is 6.38. The van der Waals surface area contributed by atoms with Crippen LogP contribution in [0.3, 0.4) is 0 Å². The predicted molar refractivity (Wildman–Crippen MR) is 74.3 cm³/mol. The summed E-state index contributed by atoms with van der Waals surface area (Å²) in [5.41, 5.74) is 7.06. The van der Waals surface area contributed by atoms with Crippen LogP contribution in [0, 0.1) is 5.82 Å². The number of nitrogens with one attached hydrogen (secondary N) is 2. The Kier molecular flexibility index (Phi) is 4.12. The highest BCUT2D eigenvalue weighted by Crippen LogP contribution is 2.15. The van der Waals surface area contributed by atoms with Gasteiger partial charge in [-0.3, -0.25) is 0 Å². The van der Waals surface area contributed by atoms with E-state index in [1.165, 1.54) is 12.1 Å². The fourth-order valence-electron chi connectivity index (χ4n) is 1.61. The van der Waals surface area contributed by atoms with E-state index in [1.54, 1.807) is 12.3 Å². The van der Waals surface area contributed by atoms with Crippen LogP contribution in [0.15, 0.2) is 30.5 Å². The summed E-state index contributed by atoms with van der Waals surface area (Å²) in [6.07, 6.45) is 1.54. The number of aromatic nitrogens is 2. The Morgan fingerprint density at radius 1 is 1.32 bits per heavy atom. The molecule has 100 valence electrons. The van der Waals surface area contributed by atoms with Gasteiger partial charge in [0.05, 0.1) is 11.9 Å². The van der Waals surface area contributed by atoms with E-state index in [0.717, 1.165) is 12.1 Å². The lowest BCUT2D eigenvalue weighted by atomic mass is 10.2. The lowest BCUT2D eigenvalue weighted by molar-refractivity contribution is 0.626. The van der Waals surface area contributed by atoms with E-state index in [2.05, 4.69) is 20.6 Å². The van der Waals surface area contributed by atoms with Crippen LogP contribution in [-0.4, -0.2) is 16.5 Å². The van der Waals surface area contributed by atoms with Gasteiger partial charge in [-0.2, -0.15) is 4.98 Å². The number of hydrogen-bond acceptors (Lipinski definition) is 5. The Bertz CT molecular complexity index is 558. The molecule has 0 saturated heterocycles. The molecule has 0 atom stereocenters. The first-order chi connectivity index (χ1) is 9.19. The van der Waals surface area contributed by atoms with Crippen LogP contribution < -0.4 is 16.4 Å². The Labute approximate surface area is 111 Å². The van der Waals surface area contributed by atoms with Gasteiger partial charge in [0.25, 0.3) is 0 Å². The van der Waals surface area contributed by atoms with Crippen molar-refractivity contribution in [2.75, 3.05) is 22.9 Å². The molecule has 0 amide bonds. The summed E-state index contributed by atoms with van der Waals surface area (Å²) in [5, 5.41) is 6.08. The number of nitrogens with zero attached hydrogens (tertiary/aromatic N) is 2. The van der Waals surface area contributed by atoms with Gasteiger partial charge in [-0.15, -0.1) is 0 Å². The van der Waals surface area contributed by atoms with Crippen LogP contribution in [0.5, 0.6) is 0 Å². The van der Waals surface area contributed by atoms with Gasteiger partial charge in [0.15, 0.2) is 5.82 Å². The number of anilines is 3. The first-order valence-corrected chi connectivity index (χ1v) is 6.03. The van der Waals surface area contributed by atoms with Crippen molar-refractivity contribution in [3.05, 3.63) is 41.8 Å². The Morgan fingerprint density at radius 3 is 2.89 bits per heavy atom. The van der Waals surface area contributed by atoms with Gasteiger partial charge in [0.2, 0.25) is 5.95 Å². The quantitative estimate of drug-likeness (QED) is 0.769. The zero-order valence-corrected chi connectivity index (χ0v) is 10.7. The third kappa shape index (κ3) is 3.54. The number of halogens is 1. The van der Waals surface area contributed by atoms with E-state index >= 15 is 0 Å². The molecule has 0 bridgehead atoms. The standard InChI is InChI=1S/C13H16FN5/c1-2-16-12-11(15)8-18-13(19-12)17-7-9-4-3-5-10(14)6-9/h3-6,8H,2,7,15H2,1H3,(H2,16,17,18,19). The summed E-state index contributed by atoms with van der Waals surface area (Å²) >= 11 is 0. The van der Waals surface area contributed by atoms with Crippen LogP contribution >= 0.6 is 0 Å². The molecule has 0 aliphatic heterocycles. The Hall–Kier alpha value is -2.37.